The van der Waals surface area contributed by atoms with E-state index in [2.05, 4.69) is 49.8 Å². The van der Waals surface area contributed by atoms with Gasteiger partial charge in [-0.25, -0.2) is 0 Å². The van der Waals surface area contributed by atoms with E-state index in [1.165, 1.54) is 43.3 Å². The van der Waals surface area contributed by atoms with Gasteiger partial charge in [-0.05, 0) is 37.6 Å². The highest BCUT2D eigenvalue weighted by atomic mass is 127. The van der Waals surface area contributed by atoms with E-state index in [1.807, 2.05) is 19.3 Å². The van der Waals surface area contributed by atoms with Crippen LogP contribution in [0.1, 0.15) is 24.8 Å². The molecule has 136 valence electrons. The number of fused-ring (bicyclic) bond motifs is 1. The number of halogens is 1. The molecule has 1 fully saturated rings. The van der Waals surface area contributed by atoms with Gasteiger partial charge in [0.2, 0.25) is 0 Å². The van der Waals surface area contributed by atoms with Gasteiger partial charge in [0.15, 0.2) is 5.96 Å². The van der Waals surface area contributed by atoms with E-state index in [-0.39, 0.29) is 24.0 Å². The molecule has 2 heterocycles. The third-order valence-electron chi connectivity index (χ3n) is 4.56. The Bertz CT molecular complexity index is 677. The number of aliphatic imine (C=N–C) groups is 1. The lowest BCUT2D eigenvalue weighted by atomic mass is 10.1. The van der Waals surface area contributed by atoms with Gasteiger partial charge in [0.05, 0.1) is 5.52 Å². The minimum absolute atomic E-state index is 0. The SMILES string of the molecule is CN=C(NCCN1CCCCC1)NCc1cccc2cccnc12.I. The first-order chi connectivity index (χ1) is 11.9. The number of benzene rings is 1. The molecule has 1 aliphatic heterocycles. The van der Waals surface area contributed by atoms with Gasteiger partial charge in [-0.2, -0.15) is 0 Å². The minimum Gasteiger partial charge on any atom is -0.355 e. The van der Waals surface area contributed by atoms with Crippen LogP contribution in [-0.4, -0.2) is 49.1 Å². The third kappa shape index (κ3) is 5.81. The highest BCUT2D eigenvalue weighted by Crippen LogP contribution is 2.15. The zero-order valence-corrected chi connectivity index (χ0v) is 17.2. The Morgan fingerprint density at radius 1 is 1.12 bits per heavy atom. The van der Waals surface area contributed by atoms with Gasteiger partial charge in [0.1, 0.15) is 0 Å². The fraction of sp³-hybridized carbons (Fsp3) is 0.474. The average molecular weight is 453 g/mol. The first-order valence-electron chi connectivity index (χ1n) is 8.86. The van der Waals surface area contributed by atoms with E-state index in [0.29, 0.717) is 0 Å². The van der Waals surface area contributed by atoms with Gasteiger partial charge in [-0.15, -0.1) is 24.0 Å². The summed E-state index contributed by atoms with van der Waals surface area (Å²) < 4.78 is 0. The Kier molecular flexibility index (Phi) is 8.40. The van der Waals surface area contributed by atoms with Crippen molar-refractivity contribution in [3.05, 3.63) is 42.1 Å². The number of likely N-dealkylation sites (tertiary alicyclic amines) is 1. The molecular weight excluding hydrogens is 425 g/mol. The maximum absolute atomic E-state index is 4.50. The zero-order chi connectivity index (χ0) is 16.6. The molecule has 1 aliphatic rings. The molecule has 1 saturated heterocycles. The van der Waals surface area contributed by atoms with Crippen molar-refractivity contribution in [2.24, 2.45) is 4.99 Å². The molecule has 0 spiro atoms. The predicted molar refractivity (Wildman–Crippen MR) is 116 cm³/mol. The standard InChI is InChI=1S/C19H27N5.HI/c1-20-19(22-11-14-24-12-3-2-4-13-24)23-15-17-8-5-7-16-9-6-10-21-18(16)17;/h5-10H,2-4,11-15H2,1H3,(H2,20,22,23);1H. The first-order valence-corrected chi connectivity index (χ1v) is 8.86. The van der Waals surface area contributed by atoms with Gasteiger partial charge >= 0.3 is 0 Å². The van der Waals surface area contributed by atoms with Crippen LogP contribution in [0.2, 0.25) is 0 Å². The van der Waals surface area contributed by atoms with Crippen molar-refractivity contribution in [1.82, 2.24) is 20.5 Å². The summed E-state index contributed by atoms with van der Waals surface area (Å²) in [5, 5.41) is 7.98. The highest BCUT2D eigenvalue weighted by molar-refractivity contribution is 14.0. The van der Waals surface area contributed by atoms with Gasteiger partial charge in [-0.1, -0.05) is 30.7 Å². The summed E-state index contributed by atoms with van der Waals surface area (Å²) in [6, 6.07) is 10.4. The number of nitrogens with one attached hydrogen (secondary N) is 2. The van der Waals surface area contributed by atoms with Gasteiger partial charge < -0.3 is 15.5 Å². The van der Waals surface area contributed by atoms with Crippen molar-refractivity contribution in [2.45, 2.75) is 25.8 Å². The summed E-state index contributed by atoms with van der Waals surface area (Å²) in [5.41, 5.74) is 2.24. The molecule has 2 N–H and O–H groups in total. The summed E-state index contributed by atoms with van der Waals surface area (Å²) >= 11 is 0. The van der Waals surface area contributed by atoms with Crippen molar-refractivity contribution >= 4 is 40.8 Å². The van der Waals surface area contributed by atoms with E-state index in [4.69, 9.17) is 0 Å². The average Bonchev–Trinajstić information content (AvgIpc) is 2.65. The quantitative estimate of drug-likeness (QED) is 0.415. The largest absolute Gasteiger partial charge is 0.355 e. The van der Waals surface area contributed by atoms with Crippen LogP contribution in [0, 0.1) is 0 Å². The van der Waals surface area contributed by atoms with Gasteiger partial charge in [-0.3, -0.25) is 9.98 Å². The first kappa shape index (κ1) is 19.9. The van der Waals surface area contributed by atoms with Crippen LogP contribution in [-0.2, 0) is 6.54 Å². The summed E-state index contributed by atoms with van der Waals surface area (Å²) in [7, 11) is 1.82. The number of piperidine rings is 1. The summed E-state index contributed by atoms with van der Waals surface area (Å²) in [6.07, 6.45) is 5.89. The molecule has 5 nitrogen and oxygen atoms in total. The van der Waals surface area contributed by atoms with Crippen LogP contribution in [0.15, 0.2) is 41.5 Å². The van der Waals surface area contributed by atoms with Crippen molar-refractivity contribution in [1.29, 1.82) is 0 Å². The van der Waals surface area contributed by atoms with Crippen LogP contribution in [0.5, 0.6) is 0 Å². The van der Waals surface area contributed by atoms with E-state index in [1.54, 1.807) is 0 Å². The van der Waals surface area contributed by atoms with Crippen LogP contribution in [0.4, 0.5) is 0 Å². The number of guanidine groups is 1. The highest BCUT2D eigenvalue weighted by Gasteiger charge is 2.09. The minimum atomic E-state index is 0. The van der Waals surface area contributed by atoms with E-state index >= 15 is 0 Å². The number of hydrogen-bond acceptors (Lipinski definition) is 3. The second-order valence-electron chi connectivity index (χ2n) is 6.25. The summed E-state index contributed by atoms with van der Waals surface area (Å²) in [4.78, 5) is 11.3. The molecule has 25 heavy (non-hydrogen) atoms. The molecule has 2 aromatic rings. The number of aromatic nitrogens is 1. The Hall–Kier alpha value is -1.41. The van der Waals surface area contributed by atoms with Crippen molar-refractivity contribution in [3.8, 4) is 0 Å². The lowest BCUT2D eigenvalue weighted by Gasteiger charge is -2.26. The van der Waals surface area contributed by atoms with Crippen molar-refractivity contribution < 1.29 is 0 Å². The maximum atomic E-state index is 4.50. The Labute approximate surface area is 167 Å². The molecule has 6 heteroatoms. The molecule has 1 aromatic heterocycles. The lowest BCUT2D eigenvalue weighted by Crippen LogP contribution is -2.42. The molecule has 0 saturated carbocycles. The van der Waals surface area contributed by atoms with E-state index in [0.717, 1.165) is 31.1 Å². The molecular formula is C19H28IN5. The number of pyridine rings is 1. The Balaban J connectivity index is 0.00000225. The molecule has 1 aromatic carbocycles. The van der Waals surface area contributed by atoms with E-state index < -0.39 is 0 Å². The molecule has 0 aliphatic carbocycles. The van der Waals surface area contributed by atoms with Gasteiger partial charge in [0, 0.05) is 38.3 Å². The lowest BCUT2D eigenvalue weighted by molar-refractivity contribution is 0.232. The molecule has 0 radical (unpaired) electrons. The second-order valence-corrected chi connectivity index (χ2v) is 6.25. The van der Waals surface area contributed by atoms with E-state index in [9.17, 15) is 0 Å². The van der Waals surface area contributed by atoms with Crippen LogP contribution in [0.25, 0.3) is 10.9 Å². The maximum Gasteiger partial charge on any atom is 0.191 e. The summed E-state index contributed by atoms with van der Waals surface area (Å²) in [6.45, 7) is 5.19. The normalized spacial score (nSPS) is 15.6. The predicted octanol–water partition coefficient (Wildman–Crippen LogP) is 3.00. The Morgan fingerprint density at radius 2 is 1.92 bits per heavy atom. The topological polar surface area (TPSA) is 52.6 Å². The second kappa shape index (κ2) is 10.6. The molecule has 0 atom stereocenters. The molecule has 0 unspecified atom stereocenters. The number of hydrogen-bond donors (Lipinski definition) is 2. The molecule has 0 amide bonds. The van der Waals surface area contributed by atoms with Crippen LogP contribution < -0.4 is 10.6 Å². The number of para-hydroxylation sites is 1. The number of nitrogens with zero attached hydrogens (tertiary/aromatic N) is 3. The summed E-state index contributed by atoms with van der Waals surface area (Å²) in [5.74, 6) is 0.847. The fourth-order valence-corrected chi connectivity index (χ4v) is 3.23. The fourth-order valence-electron chi connectivity index (χ4n) is 3.23. The molecule has 3 rings (SSSR count). The zero-order valence-electron chi connectivity index (χ0n) is 14.9. The van der Waals surface area contributed by atoms with Crippen LogP contribution in [0.3, 0.4) is 0 Å². The van der Waals surface area contributed by atoms with Crippen molar-refractivity contribution in [3.63, 3.8) is 0 Å². The monoisotopic (exact) mass is 453 g/mol. The number of rotatable bonds is 5. The molecule has 0 bridgehead atoms. The van der Waals surface area contributed by atoms with Crippen molar-refractivity contribution in [2.75, 3.05) is 33.2 Å². The smallest absolute Gasteiger partial charge is 0.191 e. The Morgan fingerprint density at radius 3 is 2.72 bits per heavy atom. The third-order valence-corrected chi connectivity index (χ3v) is 4.56. The van der Waals surface area contributed by atoms with Gasteiger partial charge in [0.25, 0.3) is 0 Å². The van der Waals surface area contributed by atoms with Crippen LogP contribution >= 0.6 is 24.0 Å².